The second-order valence-corrected chi connectivity index (χ2v) is 6.33. The molecule has 0 spiro atoms. The van der Waals surface area contributed by atoms with Crippen LogP contribution in [0.25, 0.3) is 0 Å². The van der Waals surface area contributed by atoms with Gasteiger partial charge in [0.25, 0.3) is 5.69 Å². The number of anilines is 1. The zero-order valence-corrected chi connectivity index (χ0v) is 14.7. The van der Waals surface area contributed by atoms with Crippen molar-refractivity contribution in [1.82, 2.24) is 5.43 Å². The average molecular weight is 366 g/mol. The second kappa shape index (κ2) is 7.77. The van der Waals surface area contributed by atoms with Gasteiger partial charge in [0.1, 0.15) is 0 Å². The number of non-ortho nitro benzene ring substituents is 1. The van der Waals surface area contributed by atoms with Gasteiger partial charge in [-0.15, -0.1) is 0 Å². The van der Waals surface area contributed by atoms with Crippen molar-refractivity contribution < 1.29 is 14.5 Å². The molecular weight excluding hydrogens is 348 g/mol. The van der Waals surface area contributed by atoms with E-state index >= 15 is 0 Å². The standard InChI is InChI=1S/C19H18N4O4/c1-13-5-7-16(8-6-13)22-12-15(10-18(22)24)19(25)21-20-11-14-3-2-4-17(9-14)23(26)27/h2-9,11,15H,10,12H2,1H3,(H,21,25)/b20-11+/t15-/m1/s1. The SMILES string of the molecule is Cc1ccc(N2C[C@H](C(=O)N/N=C/c3cccc([N+](=O)[O-])c3)CC2=O)cc1. The highest BCUT2D eigenvalue weighted by Crippen LogP contribution is 2.25. The molecule has 1 atom stereocenters. The number of benzene rings is 2. The van der Waals surface area contributed by atoms with Crippen LogP contribution in [0.1, 0.15) is 17.5 Å². The first kappa shape index (κ1) is 18.2. The molecule has 8 heteroatoms. The van der Waals surface area contributed by atoms with Gasteiger partial charge in [0.05, 0.1) is 17.1 Å². The summed E-state index contributed by atoms with van der Waals surface area (Å²) >= 11 is 0. The Kier molecular flexibility index (Phi) is 5.25. The van der Waals surface area contributed by atoms with Gasteiger partial charge in [-0.05, 0) is 19.1 Å². The van der Waals surface area contributed by atoms with Crippen molar-refractivity contribution in [3.63, 3.8) is 0 Å². The fourth-order valence-electron chi connectivity index (χ4n) is 2.84. The third kappa shape index (κ3) is 4.35. The van der Waals surface area contributed by atoms with Crippen molar-refractivity contribution >= 4 is 29.4 Å². The van der Waals surface area contributed by atoms with E-state index in [4.69, 9.17) is 0 Å². The molecule has 0 saturated carbocycles. The van der Waals surface area contributed by atoms with Gasteiger partial charge in [0.2, 0.25) is 11.8 Å². The van der Waals surface area contributed by atoms with E-state index in [1.54, 1.807) is 11.0 Å². The quantitative estimate of drug-likeness (QED) is 0.498. The van der Waals surface area contributed by atoms with Crippen molar-refractivity contribution in [3.05, 3.63) is 69.8 Å². The minimum absolute atomic E-state index is 0.0552. The lowest BCUT2D eigenvalue weighted by molar-refractivity contribution is -0.384. The number of nitro groups is 1. The van der Waals surface area contributed by atoms with Gasteiger partial charge in [0.15, 0.2) is 0 Å². The Labute approximate surface area is 155 Å². The molecule has 3 rings (SSSR count). The van der Waals surface area contributed by atoms with E-state index in [-0.39, 0.29) is 23.9 Å². The molecule has 1 saturated heterocycles. The Hall–Kier alpha value is -3.55. The van der Waals surface area contributed by atoms with Gasteiger partial charge in [0, 0.05) is 36.3 Å². The summed E-state index contributed by atoms with van der Waals surface area (Å²) in [5, 5.41) is 14.6. The number of carbonyl (C=O) groups excluding carboxylic acids is 2. The molecule has 1 aliphatic rings. The summed E-state index contributed by atoms with van der Waals surface area (Å²) in [4.78, 5) is 36.3. The number of rotatable bonds is 5. The molecule has 0 unspecified atom stereocenters. The fourth-order valence-corrected chi connectivity index (χ4v) is 2.84. The van der Waals surface area contributed by atoms with E-state index in [1.807, 2.05) is 31.2 Å². The van der Waals surface area contributed by atoms with Crippen LogP contribution in [-0.4, -0.2) is 29.5 Å². The van der Waals surface area contributed by atoms with Crippen LogP contribution < -0.4 is 10.3 Å². The maximum absolute atomic E-state index is 12.3. The third-order valence-corrected chi connectivity index (χ3v) is 4.31. The zero-order chi connectivity index (χ0) is 19.4. The molecule has 0 radical (unpaired) electrons. The number of hydrazone groups is 1. The number of aryl methyl sites for hydroxylation is 1. The zero-order valence-electron chi connectivity index (χ0n) is 14.7. The first-order valence-electron chi connectivity index (χ1n) is 8.38. The topological polar surface area (TPSA) is 105 Å². The van der Waals surface area contributed by atoms with Crippen molar-refractivity contribution in [2.24, 2.45) is 11.0 Å². The Bertz CT molecular complexity index is 908. The predicted octanol–water partition coefficient (Wildman–Crippen LogP) is 2.41. The van der Waals surface area contributed by atoms with E-state index < -0.39 is 10.8 Å². The van der Waals surface area contributed by atoms with Gasteiger partial charge in [-0.3, -0.25) is 19.7 Å². The average Bonchev–Trinajstić information content (AvgIpc) is 3.04. The van der Waals surface area contributed by atoms with Crippen LogP contribution in [0.3, 0.4) is 0 Å². The van der Waals surface area contributed by atoms with Crippen LogP contribution in [0.15, 0.2) is 53.6 Å². The lowest BCUT2D eigenvalue weighted by atomic mass is 10.1. The number of nitrogens with zero attached hydrogens (tertiary/aromatic N) is 3. The van der Waals surface area contributed by atoms with E-state index in [0.717, 1.165) is 11.3 Å². The molecule has 1 fully saturated rings. The highest BCUT2D eigenvalue weighted by molar-refractivity contribution is 6.00. The Morgan fingerprint density at radius 3 is 2.74 bits per heavy atom. The van der Waals surface area contributed by atoms with Gasteiger partial charge in [-0.1, -0.05) is 29.8 Å². The van der Waals surface area contributed by atoms with Crippen LogP contribution >= 0.6 is 0 Å². The smallest absolute Gasteiger partial charge is 0.270 e. The highest BCUT2D eigenvalue weighted by Gasteiger charge is 2.35. The first-order chi connectivity index (χ1) is 12.9. The van der Waals surface area contributed by atoms with Gasteiger partial charge < -0.3 is 4.90 Å². The van der Waals surface area contributed by atoms with E-state index in [2.05, 4.69) is 10.5 Å². The maximum atomic E-state index is 12.3. The molecule has 8 nitrogen and oxygen atoms in total. The molecule has 2 aromatic carbocycles. The summed E-state index contributed by atoms with van der Waals surface area (Å²) in [6.45, 7) is 2.26. The Balaban J connectivity index is 1.60. The summed E-state index contributed by atoms with van der Waals surface area (Å²) in [7, 11) is 0. The summed E-state index contributed by atoms with van der Waals surface area (Å²) in [5.74, 6) is -0.970. The lowest BCUT2D eigenvalue weighted by Gasteiger charge is -2.16. The van der Waals surface area contributed by atoms with Crippen molar-refractivity contribution in [1.29, 1.82) is 0 Å². The molecule has 1 N–H and O–H groups in total. The normalized spacial score (nSPS) is 16.7. The molecule has 0 bridgehead atoms. The van der Waals surface area contributed by atoms with E-state index in [0.29, 0.717) is 12.1 Å². The minimum atomic E-state index is -0.500. The number of amides is 2. The molecule has 0 aromatic heterocycles. The Morgan fingerprint density at radius 1 is 1.30 bits per heavy atom. The fraction of sp³-hybridized carbons (Fsp3) is 0.211. The molecule has 2 aromatic rings. The van der Waals surface area contributed by atoms with Crippen LogP contribution in [0.4, 0.5) is 11.4 Å². The van der Waals surface area contributed by atoms with Gasteiger partial charge >= 0.3 is 0 Å². The molecule has 0 aliphatic carbocycles. The first-order valence-corrected chi connectivity index (χ1v) is 8.38. The van der Waals surface area contributed by atoms with Gasteiger partial charge in [-0.2, -0.15) is 5.10 Å². The number of nitrogens with one attached hydrogen (secondary N) is 1. The van der Waals surface area contributed by atoms with Crippen molar-refractivity contribution in [3.8, 4) is 0 Å². The van der Waals surface area contributed by atoms with Crippen LogP contribution in [0, 0.1) is 23.0 Å². The van der Waals surface area contributed by atoms with Crippen LogP contribution in [0.5, 0.6) is 0 Å². The lowest BCUT2D eigenvalue weighted by Crippen LogP contribution is -2.30. The molecule has 27 heavy (non-hydrogen) atoms. The Morgan fingerprint density at radius 2 is 2.04 bits per heavy atom. The number of carbonyl (C=O) groups is 2. The predicted molar refractivity (Wildman–Crippen MR) is 100 cm³/mol. The molecule has 2 amide bonds. The van der Waals surface area contributed by atoms with Gasteiger partial charge in [-0.25, -0.2) is 5.43 Å². The van der Waals surface area contributed by atoms with Crippen molar-refractivity contribution in [2.45, 2.75) is 13.3 Å². The monoisotopic (exact) mass is 366 g/mol. The molecular formula is C19H18N4O4. The van der Waals surface area contributed by atoms with Crippen LogP contribution in [0.2, 0.25) is 0 Å². The molecule has 1 heterocycles. The van der Waals surface area contributed by atoms with Crippen LogP contribution in [-0.2, 0) is 9.59 Å². The third-order valence-electron chi connectivity index (χ3n) is 4.31. The largest absolute Gasteiger partial charge is 0.312 e. The molecule has 138 valence electrons. The van der Waals surface area contributed by atoms with E-state index in [9.17, 15) is 19.7 Å². The molecule has 1 aliphatic heterocycles. The van der Waals surface area contributed by atoms with Crippen molar-refractivity contribution in [2.75, 3.05) is 11.4 Å². The summed E-state index contributed by atoms with van der Waals surface area (Å²) in [5.41, 5.74) is 4.70. The number of hydrogen-bond donors (Lipinski definition) is 1. The summed E-state index contributed by atoms with van der Waals surface area (Å²) in [6.07, 6.45) is 1.45. The van der Waals surface area contributed by atoms with E-state index in [1.165, 1.54) is 24.4 Å². The number of nitro benzene ring substituents is 1. The second-order valence-electron chi connectivity index (χ2n) is 6.33. The highest BCUT2D eigenvalue weighted by atomic mass is 16.6. The number of hydrogen-bond acceptors (Lipinski definition) is 5. The summed E-state index contributed by atoms with van der Waals surface area (Å²) < 4.78 is 0. The maximum Gasteiger partial charge on any atom is 0.270 e. The minimum Gasteiger partial charge on any atom is -0.312 e. The summed E-state index contributed by atoms with van der Waals surface area (Å²) in [6, 6.07) is 13.4.